The molecule has 0 aromatic carbocycles. The van der Waals surface area contributed by atoms with Gasteiger partial charge in [-0.25, -0.2) is 4.79 Å². The van der Waals surface area contributed by atoms with Crippen molar-refractivity contribution in [2.75, 3.05) is 0 Å². The molecule has 0 radical (unpaired) electrons. The van der Waals surface area contributed by atoms with Gasteiger partial charge in [0.05, 0.1) is 11.9 Å². The fourth-order valence-corrected chi connectivity index (χ4v) is 2.25. The normalized spacial score (nSPS) is 11.8. The van der Waals surface area contributed by atoms with Crippen LogP contribution in [-0.2, 0) is 13.6 Å². The molecular weight excluding hydrogens is 230 g/mol. The second-order valence-corrected chi connectivity index (χ2v) is 4.63. The number of nitrogens with zero attached hydrogens (tertiary/aromatic N) is 2. The number of hydrogen-bond donors (Lipinski definition) is 2. The first-order valence-electron chi connectivity index (χ1n) is 6.48. The van der Waals surface area contributed by atoms with Crippen molar-refractivity contribution in [2.24, 2.45) is 7.05 Å². The molecule has 1 rings (SSSR count). The van der Waals surface area contributed by atoms with Crippen LogP contribution in [0.4, 0.5) is 0 Å². The molecule has 0 bridgehead atoms. The first-order chi connectivity index (χ1) is 8.49. The highest BCUT2D eigenvalue weighted by Crippen LogP contribution is 2.20. The minimum atomic E-state index is -0.921. The summed E-state index contributed by atoms with van der Waals surface area (Å²) in [6.07, 6.45) is 4.49. The molecule has 18 heavy (non-hydrogen) atoms. The Morgan fingerprint density at radius 1 is 1.39 bits per heavy atom. The fraction of sp³-hybridized carbons (Fsp3) is 0.692. The summed E-state index contributed by atoms with van der Waals surface area (Å²) in [5.74, 6) is -0.921. The van der Waals surface area contributed by atoms with E-state index < -0.39 is 5.97 Å². The van der Waals surface area contributed by atoms with Crippen molar-refractivity contribution in [2.45, 2.75) is 52.1 Å². The quantitative estimate of drug-likeness (QED) is 0.781. The Balaban J connectivity index is 2.85. The molecule has 2 N–H and O–H groups in total. The van der Waals surface area contributed by atoms with Gasteiger partial charge in [0.1, 0.15) is 5.56 Å². The average molecular weight is 253 g/mol. The van der Waals surface area contributed by atoms with Gasteiger partial charge in [0, 0.05) is 19.1 Å². The van der Waals surface area contributed by atoms with Crippen molar-refractivity contribution in [1.82, 2.24) is 15.1 Å². The summed E-state index contributed by atoms with van der Waals surface area (Å²) in [4.78, 5) is 11.1. The van der Waals surface area contributed by atoms with Crippen molar-refractivity contribution in [3.63, 3.8) is 0 Å². The van der Waals surface area contributed by atoms with E-state index in [1.807, 2.05) is 0 Å². The van der Waals surface area contributed by atoms with Crippen molar-refractivity contribution in [1.29, 1.82) is 0 Å². The van der Waals surface area contributed by atoms with E-state index in [0.29, 0.717) is 6.54 Å². The number of aryl methyl sites for hydroxylation is 1. The molecule has 0 aliphatic heterocycles. The maximum absolute atomic E-state index is 11.1. The topological polar surface area (TPSA) is 67.2 Å². The highest BCUT2D eigenvalue weighted by atomic mass is 16.4. The van der Waals surface area contributed by atoms with Crippen LogP contribution in [0.1, 0.15) is 56.1 Å². The predicted molar refractivity (Wildman–Crippen MR) is 70.6 cm³/mol. The molecule has 5 nitrogen and oxygen atoms in total. The lowest BCUT2D eigenvalue weighted by atomic mass is 9.89. The van der Waals surface area contributed by atoms with Gasteiger partial charge in [-0.15, -0.1) is 0 Å². The Morgan fingerprint density at radius 3 is 2.39 bits per heavy atom. The maximum atomic E-state index is 11.1. The monoisotopic (exact) mass is 253 g/mol. The minimum Gasteiger partial charge on any atom is -0.478 e. The lowest BCUT2D eigenvalue weighted by molar-refractivity contribution is 0.0695. The Bertz CT molecular complexity index is 400. The van der Waals surface area contributed by atoms with Crippen LogP contribution in [0.15, 0.2) is 6.20 Å². The van der Waals surface area contributed by atoms with E-state index in [1.165, 1.54) is 6.20 Å². The van der Waals surface area contributed by atoms with E-state index in [0.717, 1.165) is 25.0 Å². The molecule has 0 amide bonds. The summed E-state index contributed by atoms with van der Waals surface area (Å²) in [6.45, 7) is 7.00. The van der Waals surface area contributed by atoms with Gasteiger partial charge < -0.3 is 10.4 Å². The molecule has 102 valence electrons. The number of carboxylic acids is 1. The highest BCUT2D eigenvalue weighted by Gasteiger charge is 2.24. The van der Waals surface area contributed by atoms with Crippen LogP contribution in [0, 0.1) is 0 Å². The van der Waals surface area contributed by atoms with Crippen LogP contribution in [0.3, 0.4) is 0 Å². The lowest BCUT2D eigenvalue weighted by Gasteiger charge is -2.32. The van der Waals surface area contributed by atoms with Crippen LogP contribution < -0.4 is 5.32 Å². The van der Waals surface area contributed by atoms with Gasteiger partial charge in [0.15, 0.2) is 0 Å². The van der Waals surface area contributed by atoms with Crippen LogP contribution in [0.5, 0.6) is 0 Å². The van der Waals surface area contributed by atoms with E-state index in [-0.39, 0.29) is 11.1 Å². The van der Waals surface area contributed by atoms with Gasteiger partial charge in [-0.2, -0.15) is 5.10 Å². The fourth-order valence-electron chi connectivity index (χ4n) is 2.25. The van der Waals surface area contributed by atoms with E-state index in [1.54, 1.807) is 11.7 Å². The van der Waals surface area contributed by atoms with Gasteiger partial charge in [0.25, 0.3) is 0 Å². The van der Waals surface area contributed by atoms with Crippen LogP contribution in [-0.4, -0.2) is 26.4 Å². The third kappa shape index (κ3) is 2.90. The summed E-state index contributed by atoms with van der Waals surface area (Å²) >= 11 is 0. The van der Waals surface area contributed by atoms with Gasteiger partial charge in [-0.05, 0) is 19.3 Å². The van der Waals surface area contributed by atoms with Gasteiger partial charge in [-0.1, -0.05) is 20.8 Å². The summed E-state index contributed by atoms with van der Waals surface area (Å²) in [5.41, 5.74) is 1.09. The van der Waals surface area contributed by atoms with Crippen molar-refractivity contribution < 1.29 is 9.90 Å². The Kier molecular flexibility index (Phi) is 4.90. The SMILES string of the molecule is CCC(CC)(CC)NCc1c(C(=O)O)cnn1C. The van der Waals surface area contributed by atoms with E-state index >= 15 is 0 Å². The first-order valence-corrected chi connectivity index (χ1v) is 6.48. The molecule has 0 fully saturated rings. The van der Waals surface area contributed by atoms with E-state index in [9.17, 15) is 4.79 Å². The van der Waals surface area contributed by atoms with Crippen LogP contribution in [0.2, 0.25) is 0 Å². The smallest absolute Gasteiger partial charge is 0.339 e. The first kappa shape index (κ1) is 14.7. The number of carboxylic acid groups (broad SMARTS) is 1. The summed E-state index contributed by atoms with van der Waals surface area (Å²) in [7, 11) is 1.77. The molecule has 1 aromatic heterocycles. The molecular formula is C13H23N3O2. The average Bonchev–Trinajstić information content (AvgIpc) is 2.73. The summed E-state index contributed by atoms with van der Waals surface area (Å²) in [5, 5.41) is 16.6. The lowest BCUT2D eigenvalue weighted by Crippen LogP contribution is -2.43. The highest BCUT2D eigenvalue weighted by molar-refractivity contribution is 5.88. The van der Waals surface area contributed by atoms with Crippen molar-refractivity contribution in [3.8, 4) is 0 Å². The zero-order chi connectivity index (χ0) is 13.8. The second kappa shape index (κ2) is 6.00. The third-order valence-corrected chi connectivity index (χ3v) is 3.95. The molecule has 5 heteroatoms. The molecule has 0 unspecified atom stereocenters. The number of aromatic carboxylic acids is 1. The molecule has 0 saturated carbocycles. The van der Waals surface area contributed by atoms with Gasteiger partial charge in [0.2, 0.25) is 0 Å². The molecule has 0 aliphatic carbocycles. The number of hydrogen-bond acceptors (Lipinski definition) is 3. The number of rotatable bonds is 7. The zero-order valence-corrected chi connectivity index (χ0v) is 11.7. The van der Waals surface area contributed by atoms with E-state index in [4.69, 9.17) is 5.11 Å². The largest absolute Gasteiger partial charge is 0.478 e. The van der Waals surface area contributed by atoms with Crippen LogP contribution >= 0.6 is 0 Å². The Labute approximate surface area is 108 Å². The molecule has 0 aliphatic rings. The molecule has 0 spiro atoms. The predicted octanol–water partition coefficient (Wildman–Crippen LogP) is 2.18. The third-order valence-electron chi connectivity index (χ3n) is 3.95. The van der Waals surface area contributed by atoms with Gasteiger partial charge in [-0.3, -0.25) is 4.68 Å². The zero-order valence-electron chi connectivity index (χ0n) is 11.7. The number of carbonyl (C=O) groups is 1. The molecule has 0 atom stereocenters. The molecule has 1 aromatic rings. The van der Waals surface area contributed by atoms with Crippen molar-refractivity contribution >= 4 is 5.97 Å². The molecule has 0 saturated heterocycles. The second-order valence-electron chi connectivity index (χ2n) is 4.63. The van der Waals surface area contributed by atoms with E-state index in [2.05, 4.69) is 31.2 Å². The Morgan fingerprint density at radius 2 is 1.94 bits per heavy atom. The standard InChI is InChI=1S/C13H23N3O2/c1-5-13(6-2,7-3)14-9-11-10(12(17)18)8-15-16(11)4/h8,14H,5-7,9H2,1-4H3,(H,17,18). The van der Waals surface area contributed by atoms with Gasteiger partial charge >= 0.3 is 5.97 Å². The summed E-state index contributed by atoms with van der Waals surface area (Å²) < 4.78 is 1.63. The molecule has 1 heterocycles. The Hall–Kier alpha value is -1.36. The number of nitrogens with one attached hydrogen (secondary N) is 1. The summed E-state index contributed by atoms with van der Waals surface area (Å²) in [6, 6.07) is 0. The van der Waals surface area contributed by atoms with Crippen molar-refractivity contribution in [3.05, 3.63) is 17.5 Å². The van der Waals surface area contributed by atoms with Crippen LogP contribution in [0.25, 0.3) is 0 Å². The minimum absolute atomic E-state index is 0.0834. The maximum Gasteiger partial charge on any atom is 0.339 e. The number of aromatic nitrogens is 2.